The van der Waals surface area contributed by atoms with Crippen LogP contribution in [0.1, 0.15) is 29.5 Å². The normalized spacial score (nSPS) is 16.7. The van der Waals surface area contributed by atoms with Gasteiger partial charge in [-0.15, -0.1) is 22.9 Å². The summed E-state index contributed by atoms with van der Waals surface area (Å²) in [6.45, 7) is 1.58. The highest BCUT2D eigenvalue weighted by Crippen LogP contribution is 2.34. The quantitative estimate of drug-likeness (QED) is 0.313. The average Bonchev–Trinajstić information content (AvgIpc) is 3.33. The predicted molar refractivity (Wildman–Crippen MR) is 134 cm³/mol. The number of hydrogen-bond donors (Lipinski definition) is 0. The minimum atomic E-state index is -3.70. The maximum Gasteiger partial charge on any atom is 0.253 e. The molecule has 0 amide bonds. The minimum absolute atomic E-state index is 0.231. The molecule has 1 aliphatic rings. The summed E-state index contributed by atoms with van der Waals surface area (Å²) >= 11 is 7.16. The van der Waals surface area contributed by atoms with Crippen molar-refractivity contribution >= 4 is 38.6 Å². The molecule has 172 valence electrons. The van der Waals surface area contributed by atoms with Crippen molar-refractivity contribution in [3.05, 3.63) is 82.7 Å². The molecule has 0 fully saturated rings. The van der Waals surface area contributed by atoms with E-state index in [0.29, 0.717) is 28.6 Å². The van der Waals surface area contributed by atoms with E-state index in [0.717, 1.165) is 36.2 Å². The zero-order valence-corrected chi connectivity index (χ0v) is 20.6. The Kier molecular flexibility index (Phi) is 7.71. The number of benzene rings is 2. The molecule has 33 heavy (non-hydrogen) atoms. The van der Waals surface area contributed by atoms with E-state index in [1.807, 2.05) is 48.5 Å². The molecule has 0 saturated carbocycles. The van der Waals surface area contributed by atoms with E-state index in [1.54, 1.807) is 21.8 Å². The topological polar surface area (TPSA) is 64.4 Å². The number of sulfonamides is 1. The van der Waals surface area contributed by atoms with Gasteiger partial charge in [-0.1, -0.05) is 36.4 Å². The highest BCUT2D eigenvalue weighted by Gasteiger charge is 2.37. The van der Waals surface area contributed by atoms with Crippen LogP contribution in [-0.4, -0.2) is 37.7 Å². The number of anilines is 1. The average molecular weight is 500 g/mol. The number of rotatable bonds is 8. The Morgan fingerprint density at radius 1 is 1.09 bits per heavy atom. The molecule has 0 unspecified atom stereocenters. The zero-order valence-electron chi connectivity index (χ0n) is 18.2. The lowest BCUT2D eigenvalue weighted by molar-refractivity contribution is 0.319. The Bertz CT molecular complexity index is 1210. The van der Waals surface area contributed by atoms with E-state index in [1.165, 1.54) is 11.3 Å². The van der Waals surface area contributed by atoms with Gasteiger partial charge in [-0.25, -0.2) is 8.42 Å². The molecular weight excluding hydrogens is 474 g/mol. The Morgan fingerprint density at radius 2 is 1.91 bits per heavy atom. The third-order valence-electron chi connectivity index (χ3n) is 5.90. The van der Waals surface area contributed by atoms with Crippen molar-refractivity contribution in [2.45, 2.75) is 36.1 Å². The van der Waals surface area contributed by atoms with Gasteiger partial charge in [0.15, 0.2) is 0 Å². The number of thiophene rings is 1. The first-order chi connectivity index (χ1) is 16.0. The maximum atomic E-state index is 13.8. The van der Waals surface area contributed by atoms with Gasteiger partial charge in [-0.3, -0.25) is 0 Å². The van der Waals surface area contributed by atoms with E-state index in [9.17, 15) is 13.7 Å². The van der Waals surface area contributed by atoms with E-state index in [-0.39, 0.29) is 12.6 Å². The SMILES string of the molecule is N#Cc1ccc2c(c1)CN(S(=O)(=O)c1cccs1)[C@H](Cc1ccccc1)CN2CCCCCl. The first-order valence-corrected chi connectivity index (χ1v) is 13.8. The van der Waals surface area contributed by atoms with Gasteiger partial charge in [0.25, 0.3) is 10.0 Å². The molecule has 0 N–H and O–H groups in total. The molecule has 3 aromatic rings. The Morgan fingerprint density at radius 3 is 2.61 bits per heavy atom. The van der Waals surface area contributed by atoms with Crippen LogP contribution in [0.25, 0.3) is 0 Å². The third kappa shape index (κ3) is 5.42. The fourth-order valence-corrected chi connectivity index (χ4v) is 7.20. The Balaban J connectivity index is 1.79. The summed E-state index contributed by atoms with van der Waals surface area (Å²) in [5.74, 6) is 0.598. The van der Waals surface area contributed by atoms with Crippen molar-refractivity contribution in [2.24, 2.45) is 0 Å². The Labute approximate surface area is 204 Å². The van der Waals surface area contributed by atoms with Crippen LogP contribution in [0.15, 0.2) is 70.3 Å². The molecule has 0 spiro atoms. The van der Waals surface area contributed by atoms with Gasteiger partial charge in [0.05, 0.1) is 11.6 Å². The van der Waals surface area contributed by atoms with Crippen molar-refractivity contribution in [3.8, 4) is 6.07 Å². The molecule has 0 bridgehead atoms. The fourth-order valence-electron chi connectivity index (χ4n) is 4.30. The minimum Gasteiger partial charge on any atom is -0.370 e. The standard InChI is InChI=1S/C25H26ClN3O2S2/c26-12-4-5-13-28-19-23(16-20-7-2-1-3-8-20)29(33(30,31)25-9-6-14-32-25)18-22-15-21(17-27)10-11-24(22)28/h1-3,6-11,14-15,23H,4-5,12-13,16,18-19H2/t23-/m1/s1. The molecule has 0 radical (unpaired) electrons. The van der Waals surface area contributed by atoms with Gasteiger partial charge in [0.2, 0.25) is 0 Å². The van der Waals surface area contributed by atoms with E-state index in [2.05, 4.69) is 11.0 Å². The van der Waals surface area contributed by atoms with Gasteiger partial charge in [-0.2, -0.15) is 9.57 Å². The molecule has 2 heterocycles. The van der Waals surface area contributed by atoms with Crippen molar-refractivity contribution in [3.63, 3.8) is 0 Å². The number of halogens is 1. The van der Waals surface area contributed by atoms with Crippen LogP contribution in [0.2, 0.25) is 0 Å². The third-order valence-corrected chi connectivity index (χ3v) is 9.44. The van der Waals surface area contributed by atoms with Gasteiger partial charge < -0.3 is 4.90 Å². The van der Waals surface area contributed by atoms with Crippen LogP contribution in [-0.2, 0) is 23.0 Å². The molecule has 1 atom stereocenters. The van der Waals surface area contributed by atoms with Crippen molar-refractivity contribution < 1.29 is 8.42 Å². The lowest BCUT2D eigenvalue weighted by atomic mass is 10.1. The lowest BCUT2D eigenvalue weighted by Gasteiger charge is -2.32. The number of nitrogens with zero attached hydrogens (tertiary/aromatic N) is 3. The maximum absolute atomic E-state index is 13.8. The van der Waals surface area contributed by atoms with Crippen LogP contribution in [0.3, 0.4) is 0 Å². The van der Waals surface area contributed by atoms with E-state index in [4.69, 9.17) is 11.6 Å². The van der Waals surface area contributed by atoms with Crippen molar-refractivity contribution in [2.75, 3.05) is 23.9 Å². The van der Waals surface area contributed by atoms with Crippen molar-refractivity contribution in [1.29, 1.82) is 5.26 Å². The highest BCUT2D eigenvalue weighted by atomic mass is 35.5. The second kappa shape index (κ2) is 10.7. The largest absolute Gasteiger partial charge is 0.370 e. The van der Waals surface area contributed by atoms with Crippen LogP contribution < -0.4 is 4.90 Å². The predicted octanol–water partition coefficient (Wildman–Crippen LogP) is 5.26. The molecule has 2 aromatic carbocycles. The summed E-state index contributed by atoms with van der Waals surface area (Å²) in [6.07, 6.45) is 2.42. The smallest absolute Gasteiger partial charge is 0.253 e. The number of alkyl halides is 1. The molecule has 0 saturated heterocycles. The molecule has 0 aliphatic carbocycles. The molecule has 4 rings (SSSR count). The lowest BCUT2D eigenvalue weighted by Crippen LogP contribution is -2.45. The second-order valence-electron chi connectivity index (χ2n) is 8.12. The first kappa shape index (κ1) is 23.8. The molecule has 5 nitrogen and oxygen atoms in total. The Hall–Kier alpha value is -2.37. The van der Waals surface area contributed by atoms with Crippen LogP contribution in [0.4, 0.5) is 5.69 Å². The van der Waals surface area contributed by atoms with Crippen LogP contribution >= 0.6 is 22.9 Å². The summed E-state index contributed by atoms with van der Waals surface area (Å²) in [7, 11) is -3.70. The van der Waals surface area contributed by atoms with E-state index >= 15 is 0 Å². The molecular formula is C25H26ClN3O2S2. The summed E-state index contributed by atoms with van der Waals surface area (Å²) in [6, 6.07) is 21.0. The molecule has 1 aromatic heterocycles. The molecule has 8 heteroatoms. The van der Waals surface area contributed by atoms with Gasteiger partial charge in [0.1, 0.15) is 4.21 Å². The first-order valence-electron chi connectivity index (χ1n) is 11.0. The summed E-state index contributed by atoms with van der Waals surface area (Å²) in [5, 5.41) is 11.3. The fraction of sp³-hybridized carbons (Fsp3) is 0.320. The summed E-state index contributed by atoms with van der Waals surface area (Å²) < 4.78 is 29.5. The second-order valence-corrected chi connectivity index (χ2v) is 11.6. The van der Waals surface area contributed by atoms with Gasteiger partial charge in [-0.05, 0) is 60.0 Å². The highest BCUT2D eigenvalue weighted by molar-refractivity contribution is 7.91. The van der Waals surface area contributed by atoms with Gasteiger partial charge >= 0.3 is 0 Å². The van der Waals surface area contributed by atoms with Crippen LogP contribution in [0.5, 0.6) is 0 Å². The molecule has 1 aliphatic heterocycles. The van der Waals surface area contributed by atoms with Gasteiger partial charge in [0, 0.05) is 37.2 Å². The summed E-state index contributed by atoms with van der Waals surface area (Å²) in [5.41, 5.74) is 3.48. The monoisotopic (exact) mass is 499 g/mol. The summed E-state index contributed by atoms with van der Waals surface area (Å²) in [4.78, 5) is 2.26. The zero-order chi connectivity index (χ0) is 23.3. The van der Waals surface area contributed by atoms with Crippen LogP contribution in [0, 0.1) is 11.3 Å². The number of hydrogen-bond acceptors (Lipinski definition) is 5. The number of nitriles is 1. The van der Waals surface area contributed by atoms with Crippen molar-refractivity contribution in [1.82, 2.24) is 4.31 Å². The van der Waals surface area contributed by atoms with E-state index < -0.39 is 10.0 Å². The number of unbranched alkanes of at least 4 members (excludes halogenated alkanes) is 1. The number of fused-ring (bicyclic) bond motifs is 1.